The molecular weight excluding hydrogens is 466 g/mol. The number of aliphatic hydroxyl groups is 7. The predicted molar refractivity (Wildman–Crippen MR) is 126 cm³/mol. The van der Waals surface area contributed by atoms with Crippen molar-refractivity contribution in [2.45, 2.75) is 124 Å². The fourth-order valence-electron chi connectivity index (χ4n) is 11.3. The summed E-state index contributed by atoms with van der Waals surface area (Å²) in [7, 11) is 0. The molecule has 7 aliphatic rings. The lowest BCUT2D eigenvalue weighted by Crippen LogP contribution is -2.85. The van der Waals surface area contributed by atoms with Crippen LogP contribution in [-0.2, 0) is 4.74 Å². The van der Waals surface area contributed by atoms with Crippen LogP contribution in [0, 0.1) is 29.1 Å². The molecule has 4 saturated carbocycles. The Bertz CT molecular complexity index is 995. The quantitative estimate of drug-likeness (QED) is 0.228. The van der Waals surface area contributed by atoms with Crippen LogP contribution in [0.1, 0.15) is 72.1 Å². The van der Waals surface area contributed by atoms with E-state index in [4.69, 9.17) is 4.74 Å². The Labute approximate surface area is 212 Å². The van der Waals surface area contributed by atoms with Crippen LogP contribution in [-0.4, -0.2) is 106 Å². The van der Waals surface area contributed by atoms with Gasteiger partial charge >= 0.3 is 0 Å². The van der Waals surface area contributed by atoms with Crippen molar-refractivity contribution in [3.63, 3.8) is 0 Å². The van der Waals surface area contributed by atoms with Crippen molar-refractivity contribution in [3.05, 3.63) is 0 Å². The average Bonchev–Trinajstić information content (AvgIpc) is 2.97. The Kier molecular flexibility index (Phi) is 4.57. The van der Waals surface area contributed by atoms with Crippen molar-refractivity contribution >= 4 is 0 Å². The molecule has 0 aromatic carbocycles. The molecule has 204 valence electrons. The number of fused-ring (bicyclic) bond motifs is 5. The van der Waals surface area contributed by atoms with Gasteiger partial charge in [0.1, 0.15) is 28.5 Å². The van der Waals surface area contributed by atoms with Crippen LogP contribution in [0.5, 0.6) is 0 Å². The smallest absolute Gasteiger partial charge is 0.196 e. The second-order valence-electron chi connectivity index (χ2n) is 14.3. The molecule has 14 atom stereocenters. The van der Waals surface area contributed by atoms with Gasteiger partial charge in [-0.25, -0.2) is 0 Å². The van der Waals surface area contributed by atoms with Crippen molar-refractivity contribution in [1.29, 1.82) is 0 Å². The maximum absolute atomic E-state index is 12.7. The molecule has 7 N–H and O–H groups in total. The maximum Gasteiger partial charge on any atom is 0.196 e. The number of aliphatic hydroxyl groups excluding tert-OH is 2. The van der Waals surface area contributed by atoms with Crippen LogP contribution in [0.2, 0.25) is 0 Å². The highest BCUT2D eigenvalue weighted by Crippen LogP contribution is 2.78. The Hall–Kier alpha value is -0.360. The molecule has 7 rings (SSSR count). The lowest BCUT2D eigenvalue weighted by molar-refractivity contribution is -0.354. The van der Waals surface area contributed by atoms with E-state index in [0.29, 0.717) is 44.6 Å². The summed E-state index contributed by atoms with van der Waals surface area (Å²) in [6.07, 6.45) is 0.752. The van der Waals surface area contributed by atoms with Crippen LogP contribution in [0.4, 0.5) is 0 Å². The number of ether oxygens (including phenoxy) is 1. The average molecular weight is 510 g/mol. The molecular formula is C27H43NO8. The molecule has 0 amide bonds. The zero-order valence-corrected chi connectivity index (χ0v) is 21.6. The van der Waals surface area contributed by atoms with E-state index in [2.05, 4.69) is 11.8 Å². The first-order valence-corrected chi connectivity index (χ1v) is 14.0. The first-order valence-electron chi connectivity index (χ1n) is 14.0. The Morgan fingerprint density at radius 1 is 0.778 bits per heavy atom. The summed E-state index contributed by atoms with van der Waals surface area (Å²) in [5.74, 6) is -3.30. The molecule has 0 radical (unpaired) electrons. The minimum Gasteiger partial charge on any atom is -0.390 e. The van der Waals surface area contributed by atoms with Gasteiger partial charge in [0.05, 0.1) is 11.7 Å². The third-order valence-electron chi connectivity index (χ3n) is 13.1. The highest BCUT2D eigenvalue weighted by molar-refractivity contribution is 5.37. The minimum absolute atomic E-state index is 0.0208. The lowest BCUT2D eigenvalue weighted by Gasteiger charge is -2.68. The molecule has 4 aliphatic carbocycles. The fraction of sp³-hybridized carbons (Fsp3) is 1.00. The SMILES string of the molecule is C[C@@H]1CC[C@@H]2N(C1)C[C@H]1[C@](O)([C@@H](O)C[C@@]3(O)[C@H]4CC[C@H]5[C@]6(O)O[C@@]4(C[C@@]13O)[C@@]5(C)CC[C@H]6O)[C@]2(C)O. The summed E-state index contributed by atoms with van der Waals surface area (Å²) in [6, 6.07) is -0.360. The van der Waals surface area contributed by atoms with Crippen LogP contribution in [0.3, 0.4) is 0 Å². The van der Waals surface area contributed by atoms with E-state index in [1.54, 1.807) is 6.92 Å². The molecule has 3 saturated heterocycles. The van der Waals surface area contributed by atoms with Crippen LogP contribution >= 0.6 is 0 Å². The van der Waals surface area contributed by atoms with Gasteiger partial charge in [0.2, 0.25) is 0 Å². The summed E-state index contributed by atoms with van der Waals surface area (Å²) in [4.78, 5) is 2.12. The van der Waals surface area contributed by atoms with Crippen LogP contribution in [0.15, 0.2) is 0 Å². The molecule has 9 nitrogen and oxygen atoms in total. The molecule has 0 aromatic heterocycles. The van der Waals surface area contributed by atoms with E-state index in [0.717, 1.165) is 6.42 Å². The summed E-state index contributed by atoms with van der Waals surface area (Å²) >= 11 is 0. The topological polar surface area (TPSA) is 154 Å². The van der Waals surface area contributed by atoms with Gasteiger partial charge in [0.25, 0.3) is 0 Å². The molecule has 9 heteroatoms. The van der Waals surface area contributed by atoms with Crippen molar-refractivity contribution in [2.75, 3.05) is 13.1 Å². The zero-order valence-electron chi connectivity index (χ0n) is 21.6. The van der Waals surface area contributed by atoms with Crippen LogP contribution in [0.25, 0.3) is 0 Å². The summed E-state index contributed by atoms with van der Waals surface area (Å²) in [5.41, 5.74) is -9.07. The van der Waals surface area contributed by atoms with Gasteiger partial charge in [-0.2, -0.15) is 0 Å². The van der Waals surface area contributed by atoms with Crippen molar-refractivity contribution in [1.82, 2.24) is 4.90 Å². The third-order valence-corrected chi connectivity index (χ3v) is 13.1. The summed E-state index contributed by atoms with van der Waals surface area (Å²) in [6.45, 7) is 6.70. The summed E-state index contributed by atoms with van der Waals surface area (Å²) < 4.78 is 6.52. The van der Waals surface area contributed by atoms with E-state index in [-0.39, 0.29) is 31.3 Å². The zero-order chi connectivity index (χ0) is 25.9. The number of hydrogen-bond donors (Lipinski definition) is 7. The van der Waals surface area contributed by atoms with E-state index in [1.807, 2.05) is 6.92 Å². The highest BCUT2D eigenvalue weighted by atomic mass is 16.7. The first kappa shape index (κ1) is 24.7. The van der Waals surface area contributed by atoms with Gasteiger partial charge in [0.15, 0.2) is 5.79 Å². The van der Waals surface area contributed by atoms with Crippen LogP contribution < -0.4 is 0 Å². The van der Waals surface area contributed by atoms with Gasteiger partial charge < -0.3 is 40.5 Å². The van der Waals surface area contributed by atoms with Gasteiger partial charge in [-0.1, -0.05) is 13.8 Å². The van der Waals surface area contributed by atoms with Crippen molar-refractivity contribution in [2.24, 2.45) is 29.1 Å². The third kappa shape index (κ3) is 2.27. The number of rotatable bonds is 0. The second-order valence-corrected chi connectivity index (χ2v) is 14.3. The number of nitrogens with zero attached hydrogens (tertiary/aromatic N) is 1. The van der Waals surface area contributed by atoms with Gasteiger partial charge in [0, 0.05) is 55.1 Å². The Morgan fingerprint density at radius 3 is 2.19 bits per heavy atom. The van der Waals surface area contributed by atoms with Crippen molar-refractivity contribution in [3.8, 4) is 0 Å². The lowest BCUT2D eigenvalue weighted by atomic mass is 9.49. The van der Waals surface area contributed by atoms with Crippen molar-refractivity contribution < 1.29 is 40.5 Å². The standard InChI is InChI=1S/C27H43NO8/c1-14-4-7-18-22(3,31)26(34)17(12-28(18)11-14)24(33)13-25-16(23(24,32)10-20(26)30)6-5-15-21(25,2)9-8-19(29)27(15,35)36-25/h14-20,29-35H,4-13H2,1-3H3/t14-,15-,16-,17-,18+,19-,20+,21+,22-,23-,24-,25-,26+,27+/m1/s1. The maximum atomic E-state index is 12.7. The Balaban J connectivity index is 1.39. The van der Waals surface area contributed by atoms with Gasteiger partial charge in [-0.3, -0.25) is 4.90 Å². The van der Waals surface area contributed by atoms with Gasteiger partial charge in [-0.15, -0.1) is 0 Å². The molecule has 4 bridgehead atoms. The molecule has 7 fully saturated rings. The van der Waals surface area contributed by atoms with E-state index in [1.165, 1.54) is 0 Å². The minimum atomic E-state index is -2.02. The molecule has 3 heterocycles. The van der Waals surface area contributed by atoms with E-state index in [9.17, 15) is 35.7 Å². The number of piperidine rings is 2. The van der Waals surface area contributed by atoms with Gasteiger partial charge in [-0.05, 0) is 51.4 Å². The fourth-order valence-corrected chi connectivity index (χ4v) is 11.3. The van der Waals surface area contributed by atoms with E-state index < -0.39 is 63.3 Å². The van der Waals surface area contributed by atoms with E-state index >= 15 is 0 Å². The summed E-state index contributed by atoms with van der Waals surface area (Å²) in [5, 5.41) is 83.2. The molecule has 3 aliphatic heterocycles. The first-order chi connectivity index (χ1) is 16.6. The highest BCUT2D eigenvalue weighted by Gasteiger charge is 2.88. The molecule has 0 unspecified atom stereocenters. The monoisotopic (exact) mass is 509 g/mol. The molecule has 1 spiro atoms. The predicted octanol–water partition coefficient (Wildman–Crippen LogP) is -0.526. The molecule has 0 aromatic rings. The Morgan fingerprint density at radius 2 is 1.47 bits per heavy atom. The largest absolute Gasteiger partial charge is 0.390 e. The molecule has 36 heavy (non-hydrogen) atoms. The second kappa shape index (κ2) is 6.67. The normalized spacial score (nSPS) is 68.0. The number of hydrogen-bond acceptors (Lipinski definition) is 9.